The molecule has 0 spiro atoms. The molecule has 0 fully saturated rings. The molecule has 1 aromatic heterocycles. The third-order valence-electron chi connectivity index (χ3n) is 3.52. The van der Waals surface area contributed by atoms with Crippen LogP contribution in [0.15, 0.2) is 12.1 Å². The van der Waals surface area contributed by atoms with Crippen LogP contribution in [0.3, 0.4) is 0 Å². The standard InChI is InChI=1S/C14H18N2S/c15-9-3-6-13-16-14-11-5-2-1-4-10(11)7-8-12(14)17-13/h7-8H,1-6,9,15H2. The van der Waals surface area contributed by atoms with Crippen LogP contribution in [-0.4, -0.2) is 11.5 Å². The maximum absolute atomic E-state index is 5.56. The van der Waals surface area contributed by atoms with Crippen molar-refractivity contribution < 1.29 is 0 Å². The zero-order chi connectivity index (χ0) is 11.7. The van der Waals surface area contributed by atoms with E-state index in [9.17, 15) is 0 Å². The lowest BCUT2D eigenvalue weighted by atomic mass is 9.91. The van der Waals surface area contributed by atoms with Gasteiger partial charge in [-0.3, -0.25) is 0 Å². The number of nitrogens with two attached hydrogens (primary N) is 1. The van der Waals surface area contributed by atoms with Crippen LogP contribution in [0.25, 0.3) is 10.2 Å². The third-order valence-corrected chi connectivity index (χ3v) is 4.61. The molecule has 1 aliphatic rings. The molecule has 0 bridgehead atoms. The number of aryl methyl sites for hydroxylation is 3. The molecular weight excluding hydrogens is 228 g/mol. The van der Waals surface area contributed by atoms with E-state index in [0.717, 1.165) is 19.4 Å². The molecule has 3 heteroatoms. The minimum Gasteiger partial charge on any atom is -0.330 e. The van der Waals surface area contributed by atoms with Gasteiger partial charge in [-0.05, 0) is 55.8 Å². The fraction of sp³-hybridized carbons (Fsp3) is 0.500. The fourth-order valence-corrected chi connectivity index (χ4v) is 3.67. The molecule has 1 heterocycles. The highest BCUT2D eigenvalue weighted by Gasteiger charge is 2.15. The summed E-state index contributed by atoms with van der Waals surface area (Å²) in [5.41, 5.74) is 9.88. The van der Waals surface area contributed by atoms with E-state index in [0.29, 0.717) is 0 Å². The molecule has 17 heavy (non-hydrogen) atoms. The Morgan fingerprint density at radius 2 is 2.12 bits per heavy atom. The highest BCUT2D eigenvalue weighted by Crippen LogP contribution is 2.32. The number of benzene rings is 1. The highest BCUT2D eigenvalue weighted by molar-refractivity contribution is 7.18. The maximum Gasteiger partial charge on any atom is 0.0939 e. The Morgan fingerprint density at radius 3 is 3.00 bits per heavy atom. The van der Waals surface area contributed by atoms with Gasteiger partial charge >= 0.3 is 0 Å². The molecule has 0 atom stereocenters. The number of thiazole rings is 1. The summed E-state index contributed by atoms with van der Waals surface area (Å²) in [7, 11) is 0. The Morgan fingerprint density at radius 1 is 1.24 bits per heavy atom. The number of fused-ring (bicyclic) bond motifs is 3. The molecule has 2 N–H and O–H groups in total. The summed E-state index contributed by atoms with van der Waals surface area (Å²) >= 11 is 1.84. The summed E-state index contributed by atoms with van der Waals surface area (Å²) in [5, 5.41) is 1.25. The summed E-state index contributed by atoms with van der Waals surface area (Å²) in [5.74, 6) is 0. The summed E-state index contributed by atoms with van der Waals surface area (Å²) in [6, 6.07) is 4.56. The predicted molar refractivity (Wildman–Crippen MR) is 73.6 cm³/mol. The van der Waals surface area contributed by atoms with E-state index in [1.165, 1.54) is 52.0 Å². The lowest BCUT2D eigenvalue weighted by Crippen LogP contribution is -2.03. The normalized spacial score (nSPS) is 15.1. The fourth-order valence-electron chi connectivity index (χ4n) is 2.63. The molecule has 0 saturated heterocycles. The maximum atomic E-state index is 5.56. The van der Waals surface area contributed by atoms with E-state index >= 15 is 0 Å². The summed E-state index contributed by atoms with van der Waals surface area (Å²) in [6.45, 7) is 0.758. The van der Waals surface area contributed by atoms with E-state index in [1.807, 2.05) is 11.3 Å². The first-order valence-corrected chi connectivity index (χ1v) is 7.30. The van der Waals surface area contributed by atoms with Crippen LogP contribution in [0.4, 0.5) is 0 Å². The Labute approximate surface area is 106 Å². The first-order valence-electron chi connectivity index (χ1n) is 6.49. The monoisotopic (exact) mass is 246 g/mol. The molecule has 0 aliphatic heterocycles. The first kappa shape index (κ1) is 11.2. The second-order valence-corrected chi connectivity index (χ2v) is 5.87. The average Bonchev–Trinajstić information content (AvgIpc) is 2.79. The summed E-state index contributed by atoms with van der Waals surface area (Å²) in [6.07, 6.45) is 7.19. The van der Waals surface area contributed by atoms with Crippen LogP contribution in [0.5, 0.6) is 0 Å². The Balaban J connectivity index is 2.03. The predicted octanol–water partition coefficient (Wildman–Crippen LogP) is 3.07. The van der Waals surface area contributed by atoms with E-state index in [4.69, 9.17) is 10.7 Å². The minimum absolute atomic E-state index is 0.758. The Bertz CT molecular complexity index is 530. The second-order valence-electron chi connectivity index (χ2n) is 4.76. The largest absolute Gasteiger partial charge is 0.330 e. The van der Waals surface area contributed by atoms with Crippen molar-refractivity contribution in [3.63, 3.8) is 0 Å². The molecular formula is C14H18N2S. The molecule has 0 radical (unpaired) electrons. The zero-order valence-electron chi connectivity index (χ0n) is 10.0. The van der Waals surface area contributed by atoms with E-state index < -0.39 is 0 Å². The topological polar surface area (TPSA) is 38.9 Å². The average molecular weight is 246 g/mol. The van der Waals surface area contributed by atoms with Crippen LogP contribution in [0.2, 0.25) is 0 Å². The smallest absolute Gasteiger partial charge is 0.0939 e. The number of hydrogen-bond acceptors (Lipinski definition) is 3. The highest BCUT2D eigenvalue weighted by atomic mass is 32.1. The number of nitrogens with zero attached hydrogens (tertiary/aromatic N) is 1. The second kappa shape index (κ2) is 4.75. The van der Waals surface area contributed by atoms with Crippen molar-refractivity contribution >= 4 is 21.6 Å². The summed E-state index contributed by atoms with van der Waals surface area (Å²) < 4.78 is 1.36. The van der Waals surface area contributed by atoms with Gasteiger partial charge in [0.1, 0.15) is 0 Å². The number of hydrogen-bond donors (Lipinski definition) is 1. The zero-order valence-corrected chi connectivity index (χ0v) is 10.9. The van der Waals surface area contributed by atoms with Crippen molar-refractivity contribution in [2.45, 2.75) is 38.5 Å². The lowest BCUT2D eigenvalue weighted by Gasteiger charge is -2.15. The van der Waals surface area contributed by atoms with Crippen molar-refractivity contribution in [3.05, 3.63) is 28.3 Å². The van der Waals surface area contributed by atoms with Gasteiger partial charge in [0.15, 0.2) is 0 Å². The first-order chi connectivity index (χ1) is 8.38. The molecule has 2 aromatic rings. The van der Waals surface area contributed by atoms with Gasteiger partial charge in [0.05, 0.1) is 15.2 Å². The van der Waals surface area contributed by atoms with Crippen LogP contribution in [0.1, 0.15) is 35.4 Å². The molecule has 0 amide bonds. The molecule has 1 aromatic carbocycles. The van der Waals surface area contributed by atoms with Crippen LogP contribution < -0.4 is 5.73 Å². The Hall–Kier alpha value is -0.930. The van der Waals surface area contributed by atoms with E-state index in [1.54, 1.807) is 0 Å². The third kappa shape index (κ3) is 2.09. The lowest BCUT2D eigenvalue weighted by molar-refractivity contribution is 0.689. The van der Waals surface area contributed by atoms with Crippen molar-refractivity contribution in [1.82, 2.24) is 4.98 Å². The van der Waals surface area contributed by atoms with Gasteiger partial charge in [0.2, 0.25) is 0 Å². The van der Waals surface area contributed by atoms with Crippen LogP contribution >= 0.6 is 11.3 Å². The van der Waals surface area contributed by atoms with Gasteiger partial charge in [0, 0.05) is 6.42 Å². The van der Waals surface area contributed by atoms with Crippen LogP contribution in [-0.2, 0) is 19.3 Å². The molecule has 2 nitrogen and oxygen atoms in total. The SMILES string of the molecule is NCCCc1nc2c3c(ccc2s1)CCCC3. The molecule has 0 saturated carbocycles. The molecule has 0 unspecified atom stereocenters. The van der Waals surface area contributed by atoms with Crippen molar-refractivity contribution in [2.75, 3.05) is 6.54 Å². The molecule has 90 valence electrons. The van der Waals surface area contributed by atoms with Gasteiger partial charge in [-0.1, -0.05) is 6.07 Å². The minimum atomic E-state index is 0.758. The summed E-state index contributed by atoms with van der Waals surface area (Å²) in [4.78, 5) is 4.83. The molecule has 3 rings (SSSR count). The van der Waals surface area contributed by atoms with Crippen molar-refractivity contribution in [1.29, 1.82) is 0 Å². The van der Waals surface area contributed by atoms with Gasteiger partial charge in [-0.25, -0.2) is 4.98 Å². The van der Waals surface area contributed by atoms with Crippen LogP contribution in [0, 0.1) is 0 Å². The van der Waals surface area contributed by atoms with Gasteiger partial charge in [0.25, 0.3) is 0 Å². The van der Waals surface area contributed by atoms with Gasteiger partial charge in [-0.15, -0.1) is 11.3 Å². The number of aromatic nitrogens is 1. The number of rotatable bonds is 3. The Kier molecular flexibility index (Phi) is 3.12. The van der Waals surface area contributed by atoms with Crippen molar-refractivity contribution in [2.24, 2.45) is 5.73 Å². The quantitative estimate of drug-likeness (QED) is 0.904. The molecule has 1 aliphatic carbocycles. The van der Waals surface area contributed by atoms with Gasteiger partial charge in [-0.2, -0.15) is 0 Å². The van der Waals surface area contributed by atoms with E-state index in [-0.39, 0.29) is 0 Å². The van der Waals surface area contributed by atoms with Crippen molar-refractivity contribution in [3.8, 4) is 0 Å². The van der Waals surface area contributed by atoms with E-state index in [2.05, 4.69) is 12.1 Å². The van der Waals surface area contributed by atoms with Gasteiger partial charge < -0.3 is 5.73 Å².